The van der Waals surface area contributed by atoms with Crippen LogP contribution in [0.3, 0.4) is 0 Å². The van der Waals surface area contributed by atoms with Gasteiger partial charge in [-0.05, 0) is 12.1 Å². The van der Waals surface area contributed by atoms with Crippen molar-refractivity contribution in [3.63, 3.8) is 0 Å². The van der Waals surface area contributed by atoms with Gasteiger partial charge in [0.15, 0.2) is 0 Å². The number of pyridine rings is 2. The molecule has 96 valence electrons. The topological polar surface area (TPSA) is 64.1 Å². The molecule has 3 rings (SSSR count). The van der Waals surface area contributed by atoms with Crippen LogP contribution in [0.1, 0.15) is 21.6 Å². The molecule has 2 aromatic rings. The normalized spacial score (nSPS) is 13.6. The second-order valence-corrected chi connectivity index (χ2v) is 4.30. The van der Waals surface area contributed by atoms with E-state index in [1.165, 1.54) is 0 Å². The molecule has 19 heavy (non-hydrogen) atoms. The standard InChI is InChI=1S/C14H13N3O2/c18-14-11-3-4-13(17-12(11)5-7-16-14)19-9-10-2-1-6-15-8-10/h1-4,6,8H,5,7,9H2,(H,16,18). The van der Waals surface area contributed by atoms with Crippen molar-refractivity contribution in [2.45, 2.75) is 13.0 Å². The number of fused-ring (bicyclic) bond motifs is 1. The maximum Gasteiger partial charge on any atom is 0.253 e. The minimum Gasteiger partial charge on any atom is -0.473 e. The van der Waals surface area contributed by atoms with Crippen LogP contribution in [0.4, 0.5) is 0 Å². The van der Waals surface area contributed by atoms with Gasteiger partial charge in [0.25, 0.3) is 5.91 Å². The van der Waals surface area contributed by atoms with Crippen molar-refractivity contribution in [1.82, 2.24) is 15.3 Å². The van der Waals surface area contributed by atoms with E-state index in [2.05, 4.69) is 15.3 Å². The number of carbonyl (C=O) groups excluding carboxylic acids is 1. The summed E-state index contributed by atoms with van der Waals surface area (Å²) >= 11 is 0. The zero-order valence-electron chi connectivity index (χ0n) is 10.3. The first-order valence-corrected chi connectivity index (χ1v) is 6.13. The Morgan fingerprint density at radius 2 is 2.26 bits per heavy atom. The number of hydrogen-bond donors (Lipinski definition) is 1. The van der Waals surface area contributed by atoms with Crippen molar-refractivity contribution < 1.29 is 9.53 Å². The summed E-state index contributed by atoms with van der Waals surface area (Å²) in [5.74, 6) is 0.477. The molecule has 0 fully saturated rings. The molecule has 1 aliphatic rings. The fourth-order valence-corrected chi connectivity index (χ4v) is 1.99. The first-order valence-electron chi connectivity index (χ1n) is 6.13. The average Bonchev–Trinajstić information content (AvgIpc) is 2.46. The molecule has 0 aliphatic carbocycles. The highest BCUT2D eigenvalue weighted by molar-refractivity contribution is 5.96. The smallest absolute Gasteiger partial charge is 0.253 e. The Balaban J connectivity index is 1.74. The van der Waals surface area contributed by atoms with Gasteiger partial charge in [0.1, 0.15) is 6.61 Å². The number of carbonyl (C=O) groups is 1. The number of hydrogen-bond acceptors (Lipinski definition) is 4. The highest BCUT2D eigenvalue weighted by Crippen LogP contribution is 2.17. The van der Waals surface area contributed by atoms with Gasteiger partial charge in [-0.15, -0.1) is 0 Å². The van der Waals surface area contributed by atoms with Crippen LogP contribution in [0.5, 0.6) is 5.88 Å². The molecule has 0 bridgehead atoms. The molecular formula is C14H13N3O2. The number of nitrogens with zero attached hydrogens (tertiary/aromatic N) is 2. The van der Waals surface area contributed by atoms with E-state index < -0.39 is 0 Å². The zero-order chi connectivity index (χ0) is 13.1. The van der Waals surface area contributed by atoms with Gasteiger partial charge >= 0.3 is 0 Å². The summed E-state index contributed by atoms with van der Waals surface area (Å²) in [6.07, 6.45) is 4.22. The minimum absolute atomic E-state index is 0.0624. The third-order valence-electron chi connectivity index (χ3n) is 2.95. The second-order valence-electron chi connectivity index (χ2n) is 4.30. The van der Waals surface area contributed by atoms with Crippen LogP contribution in [0.25, 0.3) is 0 Å². The third-order valence-corrected chi connectivity index (χ3v) is 2.95. The quantitative estimate of drug-likeness (QED) is 0.899. The molecule has 1 aliphatic heterocycles. The average molecular weight is 255 g/mol. The van der Waals surface area contributed by atoms with Gasteiger partial charge in [0, 0.05) is 37.0 Å². The molecule has 1 amide bonds. The van der Waals surface area contributed by atoms with Crippen LogP contribution >= 0.6 is 0 Å². The Kier molecular flexibility index (Phi) is 3.10. The number of nitrogens with one attached hydrogen (secondary N) is 1. The maximum absolute atomic E-state index is 11.6. The third kappa shape index (κ3) is 2.54. The van der Waals surface area contributed by atoms with Gasteiger partial charge in [-0.25, -0.2) is 4.98 Å². The molecule has 5 nitrogen and oxygen atoms in total. The predicted molar refractivity (Wildman–Crippen MR) is 68.8 cm³/mol. The van der Waals surface area contributed by atoms with Crippen LogP contribution in [0.2, 0.25) is 0 Å². The minimum atomic E-state index is -0.0624. The summed E-state index contributed by atoms with van der Waals surface area (Å²) in [6.45, 7) is 1.05. The fourth-order valence-electron chi connectivity index (χ4n) is 1.99. The summed E-state index contributed by atoms with van der Waals surface area (Å²) < 4.78 is 5.61. The summed E-state index contributed by atoms with van der Waals surface area (Å²) in [5.41, 5.74) is 2.42. The number of amides is 1. The molecule has 3 heterocycles. The lowest BCUT2D eigenvalue weighted by atomic mass is 10.1. The number of aromatic nitrogens is 2. The van der Waals surface area contributed by atoms with Gasteiger partial charge in [-0.3, -0.25) is 9.78 Å². The molecule has 0 saturated heterocycles. The molecule has 0 aromatic carbocycles. The van der Waals surface area contributed by atoms with E-state index in [9.17, 15) is 4.79 Å². The lowest BCUT2D eigenvalue weighted by molar-refractivity contribution is 0.0944. The predicted octanol–water partition coefficient (Wildman–Crippen LogP) is 1.34. The van der Waals surface area contributed by atoms with Gasteiger partial charge in [0.05, 0.1) is 11.3 Å². The largest absolute Gasteiger partial charge is 0.473 e. The van der Waals surface area contributed by atoms with E-state index in [1.807, 2.05) is 12.1 Å². The van der Waals surface area contributed by atoms with Crippen LogP contribution in [-0.4, -0.2) is 22.4 Å². The summed E-state index contributed by atoms with van der Waals surface area (Å²) in [7, 11) is 0. The van der Waals surface area contributed by atoms with Crippen molar-refractivity contribution in [2.75, 3.05) is 6.54 Å². The van der Waals surface area contributed by atoms with E-state index in [1.54, 1.807) is 24.5 Å². The summed E-state index contributed by atoms with van der Waals surface area (Å²) in [5, 5.41) is 2.79. The van der Waals surface area contributed by atoms with E-state index >= 15 is 0 Å². The Bertz CT molecular complexity index is 599. The van der Waals surface area contributed by atoms with Crippen LogP contribution < -0.4 is 10.1 Å². The highest BCUT2D eigenvalue weighted by Gasteiger charge is 2.18. The van der Waals surface area contributed by atoms with E-state index in [0.717, 1.165) is 17.7 Å². The first kappa shape index (κ1) is 11.6. The molecule has 0 atom stereocenters. The second kappa shape index (κ2) is 5.06. The monoisotopic (exact) mass is 255 g/mol. The van der Waals surface area contributed by atoms with E-state index in [-0.39, 0.29) is 5.91 Å². The first-order chi connectivity index (χ1) is 9.33. The zero-order valence-corrected chi connectivity index (χ0v) is 10.3. The molecule has 0 radical (unpaired) electrons. The molecule has 0 saturated carbocycles. The Morgan fingerprint density at radius 3 is 3.11 bits per heavy atom. The van der Waals surface area contributed by atoms with Gasteiger partial charge in [-0.2, -0.15) is 0 Å². The van der Waals surface area contributed by atoms with Gasteiger partial charge in [-0.1, -0.05) is 6.07 Å². The lowest BCUT2D eigenvalue weighted by Gasteiger charge is -2.16. The summed E-state index contributed by atoms with van der Waals surface area (Å²) in [4.78, 5) is 20.0. The van der Waals surface area contributed by atoms with E-state index in [0.29, 0.717) is 24.6 Å². The summed E-state index contributed by atoms with van der Waals surface area (Å²) in [6, 6.07) is 7.29. The fraction of sp³-hybridized carbons (Fsp3) is 0.214. The van der Waals surface area contributed by atoms with Crippen molar-refractivity contribution in [2.24, 2.45) is 0 Å². The van der Waals surface area contributed by atoms with Crippen molar-refractivity contribution >= 4 is 5.91 Å². The van der Waals surface area contributed by atoms with Crippen LogP contribution in [0, 0.1) is 0 Å². The van der Waals surface area contributed by atoms with Crippen molar-refractivity contribution in [1.29, 1.82) is 0 Å². The van der Waals surface area contributed by atoms with Gasteiger partial charge in [0.2, 0.25) is 5.88 Å². The molecule has 1 N–H and O–H groups in total. The number of rotatable bonds is 3. The van der Waals surface area contributed by atoms with Crippen LogP contribution in [-0.2, 0) is 13.0 Å². The Hall–Kier alpha value is -2.43. The highest BCUT2D eigenvalue weighted by atomic mass is 16.5. The molecular weight excluding hydrogens is 242 g/mol. The molecule has 2 aromatic heterocycles. The Morgan fingerprint density at radius 1 is 1.32 bits per heavy atom. The number of ether oxygens (including phenoxy) is 1. The Labute approximate surface area is 110 Å². The SMILES string of the molecule is O=C1NCCc2nc(OCc3cccnc3)ccc21. The molecule has 0 unspecified atom stereocenters. The van der Waals surface area contributed by atoms with Crippen molar-refractivity contribution in [3.05, 3.63) is 53.5 Å². The molecule has 0 spiro atoms. The maximum atomic E-state index is 11.6. The van der Waals surface area contributed by atoms with Gasteiger partial charge < -0.3 is 10.1 Å². The lowest BCUT2D eigenvalue weighted by Crippen LogP contribution is -2.32. The van der Waals surface area contributed by atoms with E-state index in [4.69, 9.17) is 4.74 Å². The van der Waals surface area contributed by atoms with Crippen LogP contribution in [0.15, 0.2) is 36.7 Å². The molecule has 5 heteroatoms. The van der Waals surface area contributed by atoms with Crippen molar-refractivity contribution in [3.8, 4) is 5.88 Å².